The summed E-state index contributed by atoms with van der Waals surface area (Å²) in [7, 11) is 2.06. The number of nitrogen functional groups attached to an aromatic ring is 1. The van der Waals surface area contributed by atoms with E-state index in [-0.39, 0.29) is 0 Å². The summed E-state index contributed by atoms with van der Waals surface area (Å²) < 4.78 is 0. The Balaban J connectivity index is 3.03. The predicted octanol–water partition coefficient (Wildman–Crippen LogP) is 1.51. The number of nitrogens with one attached hydrogen (secondary N) is 1. The molecule has 0 radical (unpaired) electrons. The molecule has 0 fully saturated rings. The molecule has 17 heavy (non-hydrogen) atoms. The van der Waals surface area contributed by atoms with Gasteiger partial charge >= 0.3 is 0 Å². The first kappa shape index (κ1) is 14.1. The lowest BCUT2D eigenvalue weighted by atomic mass is 10.2. The van der Waals surface area contributed by atoms with Gasteiger partial charge in [0.2, 0.25) is 0 Å². The van der Waals surface area contributed by atoms with Crippen LogP contribution in [0.25, 0.3) is 0 Å². The predicted molar refractivity (Wildman–Crippen MR) is 75.5 cm³/mol. The van der Waals surface area contributed by atoms with Crippen LogP contribution in [-0.4, -0.2) is 35.1 Å². The number of aromatic nitrogens is 2. The van der Waals surface area contributed by atoms with Crippen molar-refractivity contribution in [2.75, 3.05) is 29.4 Å². The molecule has 6 heteroatoms. The molecule has 5 nitrogen and oxygen atoms in total. The summed E-state index contributed by atoms with van der Waals surface area (Å²) in [5.41, 5.74) is 3.69. The first-order valence-electron chi connectivity index (χ1n) is 5.67. The molecule has 1 aromatic rings. The monoisotopic (exact) mass is 255 g/mol. The standard InChI is InChI=1S/C11H21N5S/c1-5-9-10(15-12)13-7-14-11(9)16(3)8(2)6-17-4/h7-8H,5-6,12H2,1-4H3,(H,13,14,15). The van der Waals surface area contributed by atoms with Gasteiger partial charge in [0.1, 0.15) is 18.0 Å². The molecule has 0 aliphatic rings. The van der Waals surface area contributed by atoms with E-state index in [0.717, 1.165) is 23.6 Å². The Labute approximate surface area is 107 Å². The third kappa shape index (κ3) is 3.23. The van der Waals surface area contributed by atoms with Gasteiger partial charge < -0.3 is 10.3 Å². The van der Waals surface area contributed by atoms with Gasteiger partial charge in [-0.3, -0.25) is 0 Å². The van der Waals surface area contributed by atoms with E-state index in [4.69, 9.17) is 5.84 Å². The van der Waals surface area contributed by atoms with Gasteiger partial charge in [0, 0.05) is 24.4 Å². The molecule has 1 heterocycles. The fraction of sp³-hybridized carbons (Fsp3) is 0.636. The minimum absolute atomic E-state index is 0.427. The van der Waals surface area contributed by atoms with E-state index in [0.29, 0.717) is 11.9 Å². The Morgan fingerprint density at radius 3 is 2.76 bits per heavy atom. The molecule has 0 spiro atoms. The van der Waals surface area contributed by atoms with Crippen LogP contribution in [0.4, 0.5) is 11.6 Å². The van der Waals surface area contributed by atoms with Gasteiger partial charge in [0.05, 0.1) is 0 Å². The van der Waals surface area contributed by atoms with E-state index in [1.165, 1.54) is 0 Å². The Hall–Kier alpha value is -1.01. The summed E-state index contributed by atoms with van der Waals surface area (Å²) in [6, 6.07) is 0.427. The van der Waals surface area contributed by atoms with Gasteiger partial charge in [0.25, 0.3) is 0 Å². The number of hydrogen-bond acceptors (Lipinski definition) is 6. The van der Waals surface area contributed by atoms with E-state index >= 15 is 0 Å². The highest BCUT2D eigenvalue weighted by Crippen LogP contribution is 2.24. The van der Waals surface area contributed by atoms with Crippen LogP contribution in [0.5, 0.6) is 0 Å². The molecule has 96 valence electrons. The van der Waals surface area contributed by atoms with E-state index in [9.17, 15) is 0 Å². The van der Waals surface area contributed by atoms with Crippen molar-refractivity contribution >= 4 is 23.4 Å². The van der Waals surface area contributed by atoms with Crippen molar-refractivity contribution in [3.63, 3.8) is 0 Å². The minimum atomic E-state index is 0.427. The quantitative estimate of drug-likeness (QED) is 0.593. The van der Waals surface area contributed by atoms with Gasteiger partial charge in [0.15, 0.2) is 0 Å². The van der Waals surface area contributed by atoms with Gasteiger partial charge in [-0.1, -0.05) is 6.92 Å². The molecule has 0 saturated heterocycles. The van der Waals surface area contributed by atoms with Crippen LogP contribution in [0.15, 0.2) is 6.33 Å². The number of anilines is 2. The second-order valence-electron chi connectivity index (χ2n) is 3.94. The van der Waals surface area contributed by atoms with Crippen LogP contribution >= 0.6 is 11.8 Å². The summed E-state index contributed by atoms with van der Waals surface area (Å²) in [6.45, 7) is 4.27. The minimum Gasteiger partial charge on any atom is -0.356 e. The molecule has 0 aromatic carbocycles. The van der Waals surface area contributed by atoms with Crippen molar-refractivity contribution in [1.29, 1.82) is 0 Å². The topological polar surface area (TPSA) is 67.1 Å². The van der Waals surface area contributed by atoms with E-state index < -0.39 is 0 Å². The van der Waals surface area contributed by atoms with E-state index in [1.54, 1.807) is 6.33 Å². The lowest BCUT2D eigenvalue weighted by Crippen LogP contribution is -2.32. The summed E-state index contributed by atoms with van der Waals surface area (Å²) in [5, 5.41) is 0. The summed E-state index contributed by atoms with van der Waals surface area (Å²) in [5.74, 6) is 8.20. The lowest BCUT2D eigenvalue weighted by molar-refractivity contribution is 0.745. The fourth-order valence-corrected chi connectivity index (χ4v) is 2.42. The van der Waals surface area contributed by atoms with Crippen LogP contribution in [0.1, 0.15) is 19.4 Å². The third-order valence-electron chi connectivity index (χ3n) is 2.82. The van der Waals surface area contributed by atoms with E-state index in [1.807, 2.05) is 11.8 Å². The SMILES string of the molecule is CCc1c(NN)ncnc1N(C)C(C)CSC. The molecule has 1 rings (SSSR count). The number of hydrazine groups is 1. The molecule has 0 bridgehead atoms. The molecular formula is C11H21N5S. The zero-order chi connectivity index (χ0) is 12.8. The van der Waals surface area contributed by atoms with Gasteiger partial charge in [-0.05, 0) is 19.6 Å². The smallest absolute Gasteiger partial charge is 0.148 e. The Morgan fingerprint density at radius 2 is 2.24 bits per heavy atom. The summed E-state index contributed by atoms with van der Waals surface area (Å²) in [4.78, 5) is 10.7. The van der Waals surface area contributed by atoms with Crippen LogP contribution in [-0.2, 0) is 6.42 Å². The van der Waals surface area contributed by atoms with Crippen molar-refractivity contribution in [2.24, 2.45) is 5.84 Å². The highest BCUT2D eigenvalue weighted by atomic mass is 32.2. The summed E-state index contributed by atoms with van der Waals surface area (Å²) >= 11 is 1.83. The largest absolute Gasteiger partial charge is 0.356 e. The van der Waals surface area contributed by atoms with Crippen molar-refractivity contribution in [3.8, 4) is 0 Å². The average molecular weight is 255 g/mol. The highest BCUT2D eigenvalue weighted by molar-refractivity contribution is 7.98. The lowest BCUT2D eigenvalue weighted by Gasteiger charge is -2.27. The van der Waals surface area contributed by atoms with Gasteiger partial charge in [-0.15, -0.1) is 0 Å². The first-order chi connectivity index (χ1) is 8.15. The number of rotatable bonds is 6. The van der Waals surface area contributed by atoms with E-state index in [2.05, 4.69) is 47.4 Å². The Kier molecular flexibility index (Phi) is 5.50. The molecule has 0 amide bonds. The number of nitrogens with zero attached hydrogens (tertiary/aromatic N) is 3. The first-order valence-corrected chi connectivity index (χ1v) is 7.07. The zero-order valence-corrected chi connectivity index (χ0v) is 11.7. The Morgan fingerprint density at radius 1 is 1.53 bits per heavy atom. The molecule has 0 aliphatic heterocycles. The number of hydrogen-bond donors (Lipinski definition) is 2. The van der Waals surface area contributed by atoms with Crippen LogP contribution in [0.2, 0.25) is 0 Å². The van der Waals surface area contributed by atoms with Crippen molar-refractivity contribution < 1.29 is 0 Å². The molecule has 1 aromatic heterocycles. The number of nitrogens with two attached hydrogens (primary N) is 1. The molecular weight excluding hydrogens is 234 g/mol. The van der Waals surface area contributed by atoms with Crippen LogP contribution < -0.4 is 16.2 Å². The van der Waals surface area contributed by atoms with Crippen LogP contribution in [0, 0.1) is 0 Å². The summed E-state index contributed by atoms with van der Waals surface area (Å²) in [6.07, 6.45) is 4.51. The maximum atomic E-state index is 5.47. The molecule has 3 N–H and O–H groups in total. The second kappa shape index (κ2) is 6.66. The normalized spacial score (nSPS) is 12.3. The third-order valence-corrected chi connectivity index (χ3v) is 3.63. The zero-order valence-electron chi connectivity index (χ0n) is 10.9. The highest BCUT2D eigenvalue weighted by Gasteiger charge is 2.16. The van der Waals surface area contributed by atoms with Crippen molar-refractivity contribution in [3.05, 3.63) is 11.9 Å². The Bertz CT molecular complexity index is 358. The molecule has 0 saturated carbocycles. The average Bonchev–Trinajstić information content (AvgIpc) is 2.36. The van der Waals surface area contributed by atoms with Crippen molar-refractivity contribution in [2.45, 2.75) is 26.3 Å². The second-order valence-corrected chi connectivity index (χ2v) is 4.85. The van der Waals surface area contributed by atoms with Crippen molar-refractivity contribution in [1.82, 2.24) is 9.97 Å². The van der Waals surface area contributed by atoms with Crippen LogP contribution in [0.3, 0.4) is 0 Å². The maximum absolute atomic E-state index is 5.47. The number of thioether (sulfide) groups is 1. The fourth-order valence-electron chi connectivity index (χ4n) is 1.72. The van der Waals surface area contributed by atoms with Gasteiger partial charge in [-0.2, -0.15) is 11.8 Å². The van der Waals surface area contributed by atoms with Gasteiger partial charge in [-0.25, -0.2) is 15.8 Å². The molecule has 1 atom stereocenters. The molecule has 1 unspecified atom stereocenters. The molecule has 0 aliphatic carbocycles. The maximum Gasteiger partial charge on any atom is 0.148 e.